The van der Waals surface area contributed by atoms with E-state index in [0.717, 1.165) is 0 Å². The number of nitrogens with two attached hydrogens (primary N) is 1. The monoisotopic (exact) mass is 439 g/mol. The van der Waals surface area contributed by atoms with Crippen molar-refractivity contribution in [3.8, 4) is 5.75 Å². The Kier molecular flexibility index (Phi) is 6.56. The van der Waals surface area contributed by atoms with E-state index in [1.807, 2.05) is 0 Å². The summed E-state index contributed by atoms with van der Waals surface area (Å²) in [6, 6.07) is 19.1. The van der Waals surface area contributed by atoms with E-state index in [1.165, 1.54) is 30.3 Å². The van der Waals surface area contributed by atoms with E-state index in [4.69, 9.17) is 10.5 Å². The number of benzene rings is 3. The van der Waals surface area contributed by atoms with Gasteiger partial charge in [-0.05, 0) is 67.1 Å². The van der Waals surface area contributed by atoms with E-state index >= 15 is 0 Å². The Bertz CT molecular complexity index is 1190. The third-order valence-corrected chi connectivity index (χ3v) is 5.67. The van der Waals surface area contributed by atoms with Crippen LogP contribution in [0.2, 0.25) is 0 Å². The first-order valence-corrected chi connectivity index (χ1v) is 10.7. The van der Waals surface area contributed by atoms with Crippen molar-refractivity contribution in [2.24, 2.45) is 5.73 Å². The summed E-state index contributed by atoms with van der Waals surface area (Å²) in [5.41, 5.74) is 7.03. The summed E-state index contributed by atoms with van der Waals surface area (Å²) in [5, 5.41) is 2.64. The summed E-state index contributed by atoms with van der Waals surface area (Å²) in [4.78, 5) is 23.3. The zero-order valence-corrected chi connectivity index (χ0v) is 17.5. The van der Waals surface area contributed by atoms with Crippen LogP contribution in [0.3, 0.4) is 0 Å². The first-order chi connectivity index (χ1) is 14.7. The molecule has 0 aliphatic heterocycles. The first kappa shape index (κ1) is 21.8. The highest BCUT2D eigenvalue weighted by atomic mass is 32.2. The Hall–Kier alpha value is -3.85. The molecule has 0 saturated carbocycles. The quantitative estimate of drug-likeness (QED) is 0.497. The van der Waals surface area contributed by atoms with Crippen LogP contribution in [0.5, 0.6) is 5.75 Å². The highest BCUT2D eigenvalue weighted by Crippen LogP contribution is 2.23. The van der Waals surface area contributed by atoms with Crippen molar-refractivity contribution < 1.29 is 22.7 Å². The molecule has 0 radical (unpaired) electrons. The molecule has 3 aromatic rings. The number of nitrogens with one attached hydrogen (secondary N) is 2. The van der Waals surface area contributed by atoms with E-state index in [9.17, 15) is 18.0 Å². The van der Waals surface area contributed by atoms with Crippen LogP contribution in [0.1, 0.15) is 15.9 Å². The average molecular weight is 439 g/mol. The second-order valence-electron chi connectivity index (χ2n) is 6.68. The molecule has 0 aliphatic carbocycles. The van der Waals surface area contributed by atoms with Gasteiger partial charge in [-0.15, -0.1) is 0 Å². The molecule has 0 atom stereocenters. The van der Waals surface area contributed by atoms with Crippen LogP contribution in [-0.2, 0) is 14.8 Å². The van der Waals surface area contributed by atoms with Gasteiger partial charge in [0.15, 0.2) is 6.61 Å². The van der Waals surface area contributed by atoms with Crippen LogP contribution < -0.4 is 20.5 Å². The first-order valence-electron chi connectivity index (χ1n) is 9.25. The molecule has 9 heteroatoms. The second kappa shape index (κ2) is 9.31. The number of rotatable bonds is 8. The van der Waals surface area contributed by atoms with Gasteiger partial charge < -0.3 is 15.8 Å². The normalized spacial score (nSPS) is 10.9. The molecule has 0 heterocycles. The number of primary amides is 1. The Labute approximate surface area is 180 Å². The van der Waals surface area contributed by atoms with Crippen LogP contribution in [-0.4, -0.2) is 26.8 Å². The molecule has 0 fully saturated rings. The van der Waals surface area contributed by atoms with E-state index in [1.54, 1.807) is 49.4 Å². The lowest BCUT2D eigenvalue weighted by Gasteiger charge is -2.12. The molecule has 160 valence electrons. The average Bonchev–Trinajstić information content (AvgIpc) is 2.73. The van der Waals surface area contributed by atoms with Gasteiger partial charge in [-0.25, -0.2) is 8.42 Å². The number of para-hydroxylation sites is 1. The van der Waals surface area contributed by atoms with E-state index in [2.05, 4.69) is 10.0 Å². The SMILES string of the molecule is Cc1cc(S(=O)(=O)Nc2ccccc2)ccc1OCC(=O)Nc1ccc(C(N)=O)cc1. The smallest absolute Gasteiger partial charge is 0.262 e. The number of sulfonamides is 1. The largest absolute Gasteiger partial charge is 0.483 e. The lowest BCUT2D eigenvalue weighted by molar-refractivity contribution is -0.118. The van der Waals surface area contributed by atoms with E-state index in [0.29, 0.717) is 28.3 Å². The maximum atomic E-state index is 12.6. The van der Waals surface area contributed by atoms with Gasteiger partial charge in [-0.1, -0.05) is 18.2 Å². The Morgan fingerprint density at radius 2 is 1.61 bits per heavy atom. The summed E-state index contributed by atoms with van der Waals surface area (Å²) < 4.78 is 33.1. The third-order valence-electron chi connectivity index (χ3n) is 4.29. The van der Waals surface area contributed by atoms with Crippen molar-refractivity contribution in [1.82, 2.24) is 0 Å². The molecule has 8 nitrogen and oxygen atoms in total. The number of amides is 2. The summed E-state index contributed by atoms with van der Waals surface area (Å²) in [6.45, 7) is 1.42. The Morgan fingerprint density at radius 1 is 0.935 bits per heavy atom. The van der Waals surface area contributed by atoms with Crippen LogP contribution in [0.25, 0.3) is 0 Å². The number of carbonyl (C=O) groups is 2. The molecule has 0 aromatic heterocycles. The summed E-state index contributed by atoms with van der Waals surface area (Å²) in [5.74, 6) is -0.576. The highest BCUT2D eigenvalue weighted by molar-refractivity contribution is 7.92. The van der Waals surface area contributed by atoms with Crippen molar-refractivity contribution in [2.75, 3.05) is 16.6 Å². The van der Waals surface area contributed by atoms with Crippen molar-refractivity contribution in [3.63, 3.8) is 0 Å². The van der Waals surface area contributed by atoms with E-state index in [-0.39, 0.29) is 11.5 Å². The minimum absolute atomic E-state index is 0.0835. The number of anilines is 2. The van der Waals surface area contributed by atoms with Crippen molar-refractivity contribution >= 4 is 33.2 Å². The molecule has 0 unspecified atom stereocenters. The van der Waals surface area contributed by atoms with Crippen molar-refractivity contribution in [3.05, 3.63) is 83.9 Å². The predicted octanol–water partition coefficient (Wildman–Crippen LogP) is 2.91. The van der Waals surface area contributed by atoms with Gasteiger partial charge in [0, 0.05) is 16.9 Å². The maximum absolute atomic E-state index is 12.6. The topological polar surface area (TPSA) is 128 Å². The number of carbonyl (C=O) groups excluding carboxylic acids is 2. The standard InChI is InChI=1S/C22H21N3O5S/c1-15-13-19(31(28,29)25-18-5-3-2-4-6-18)11-12-20(15)30-14-21(26)24-17-9-7-16(8-10-17)22(23)27/h2-13,25H,14H2,1H3,(H2,23,27)(H,24,26). The zero-order valence-electron chi connectivity index (χ0n) is 16.7. The molecule has 0 aliphatic rings. The minimum atomic E-state index is -3.75. The third kappa shape index (κ3) is 5.83. The number of ether oxygens (including phenoxy) is 1. The van der Waals surface area contributed by atoms with E-state index < -0.39 is 21.8 Å². The molecular formula is C22H21N3O5S. The molecule has 3 rings (SSSR count). The molecule has 31 heavy (non-hydrogen) atoms. The molecular weight excluding hydrogens is 418 g/mol. The number of aryl methyl sites for hydroxylation is 1. The number of hydrogen-bond acceptors (Lipinski definition) is 5. The second-order valence-corrected chi connectivity index (χ2v) is 8.36. The molecule has 3 aromatic carbocycles. The lowest BCUT2D eigenvalue weighted by atomic mass is 10.2. The minimum Gasteiger partial charge on any atom is -0.483 e. The van der Waals surface area contributed by atoms with Crippen LogP contribution in [0.15, 0.2) is 77.7 Å². The van der Waals surface area contributed by atoms with Crippen molar-refractivity contribution in [2.45, 2.75) is 11.8 Å². The van der Waals surface area contributed by atoms with Gasteiger partial charge in [0.05, 0.1) is 4.90 Å². The predicted molar refractivity (Wildman–Crippen MR) is 118 cm³/mol. The van der Waals surface area contributed by atoms with Crippen LogP contribution in [0, 0.1) is 6.92 Å². The fourth-order valence-electron chi connectivity index (χ4n) is 2.73. The molecule has 4 N–H and O–H groups in total. The summed E-state index contributed by atoms with van der Waals surface area (Å²) in [6.07, 6.45) is 0. The molecule has 0 spiro atoms. The number of hydrogen-bond donors (Lipinski definition) is 3. The van der Waals surface area contributed by atoms with Gasteiger partial charge >= 0.3 is 0 Å². The van der Waals surface area contributed by atoms with Crippen LogP contribution >= 0.6 is 0 Å². The Morgan fingerprint density at radius 3 is 2.23 bits per heavy atom. The van der Waals surface area contributed by atoms with Crippen molar-refractivity contribution in [1.29, 1.82) is 0 Å². The Balaban J connectivity index is 1.61. The maximum Gasteiger partial charge on any atom is 0.262 e. The lowest BCUT2D eigenvalue weighted by Crippen LogP contribution is -2.20. The molecule has 2 amide bonds. The summed E-state index contributed by atoms with van der Waals surface area (Å²) >= 11 is 0. The van der Waals surface area contributed by atoms with Crippen LogP contribution in [0.4, 0.5) is 11.4 Å². The van der Waals surface area contributed by atoms with Gasteiger partial charge in [0.2, 0.25) is 5.91 Å². The fraction of sp³-hybridized carbons (Fsp3) is 0.0909. The van der Waals surface area contributed by atoms with Gasteiger partial charge in [0.25, 0.3) is 15.9 Å². The fourth-order valence-corrected chi connectivity index (χ4v) is 3.87. The highest BCUT2D eigenvalue weighted by Gasteiger charge is 2.16. The zero-order chi connectivity index (χ0) is 22.4. The summed E-state index contributed by atoms with van der Waals surface area (Å²) in [7, 11) is -3.75. The van der Waals surface area contributed by atoms with Gasteiger partial charge in [0.1, 0.15) is 5.75 Å². The van der Waals surface area contributed by atoms with Gasteiger partial charge in [-0.3, -0.25) is 14.3 Å². The van der Waals surface area contributed by atoms with Gasteiger partial charge in [-0.2, -0.15) is 0 Å². The molecule has 0 bridgehead atoms. The molecule has 0 saturated heterocycles.